The lowest BCUT2D eigenvalue weighted by atomic mass is 9.93. The zero-order valence-electron chi connectivity index (χ0n) is 9.68. The van der Waals surface area contributed by atoms with Crippen molar-refractivity contribution in [1.82, 2.24) is 20.0 Å². The van der Waals surface area contributed by atoms with Gasteiger partial charge >= 0.3 is 0 Å². The number of nitrogens with zero attached hydrogens (tertiary/aromatic N) is 3. The molecule has 2 saturated heterocycles. The van der Waals surface area contributed by atoms with Crippen LogP contribution in [0.2, 0.25) is 0 Å². The Bertz CT molecular complexity index is 322. The van der Waals surface area contributed by atoms with Gasteiger partial charge in [-0.25, -0.2) is 0 Å². The maximum Gasteiger partial charge on any atom is 0.0536 e. The zero-order valence-corrected chi connectivity index (χ0v) is 9.68. The molecule has 2 aliphatic rings. The molecule has 0 aromatic carbocycles. The maximum atomic E-state index is 4.24. The minimum absolute atomic E-state index is 0.806. The Morgan fingerprint density at radius 2 is 2.31 bits per heavy atom. The highest BCUT2D eigenvalue weighted by molar-refractivity contribution is 4.90. The summed E-state index contributed by atoms with van der Waals surface area (Å²) in [6, 6.07) is 2.80. The monoisotopic (exact) mass is 220 g/mol. The van der Waals surface area contributed by atoms with E-state index >= 15 is 0 Å². The van der Waals surface area contributed by atoms with E-state index in [-0.39, 0.29) is 0 Å². The van der Waals surface area contributed by atoms with Gasteiger partial charge in [0.1, 0.15) is 0 Å². The summed E-state index contributed by atoms with van der Waals surface area (Å²) in [5.74, 6) is 0.895. The minimum Gasteiger partial charge on any atom is -0.314 e. The Hall–Kier alpha value is -0.870. The lowest BCUT2D eigenvalue weighted by Gasteiger charge is -2.34. The van der Waals surface area contributed by atoms with Gasteiger partial charge in [0.25, 0.3) is 0 Å². The number of nitrogens with one attached hydrogen (secondary N) is 1. The van der Waals surface area contributed by atoms with Gasteiger partial charge in [0, 0.05) is 31.5 Å². The van der Waals surface area contributed by atoms with E-state index < -0.39 is 0 Å². The van der Waals surface area contributed by atoms with Crippen LogP contribution in [-0.4, -0.2) is 46.9 Å². The highest BCUT2D eigenvalue weighted by atomic mass is 15.3. The third-order valence-corrected chi connectivity index (χ3v) is 3.94. The first-order chi connectivity index (χ1) is 7.92. The van der Waals surface area contributed by atoms with Crippen LogP contribution in [0.25, 0.3) is 0 Å². The van der Waals surface area contributed by atoms with Crippen molar-refractivity contribution in [1.29, 1.82) is 0 Å². The van der Waals surface area contributed by atoms with Gasteiger partial charge in [0.2, 0.25) is 0 Å². The second-order valence-corrected chi connectivity index (χ2v) is 4.97. The molecule has 0 amide bonds. The van der Waals surface area contributed by atoms with Crippen molar-refractivity contribution in [2.75, 3.05) is 26.2 Å². The maximum absolute atomic E-state index is 4.24. The molecule has 1 N–H and O–H groups in total. The van der Waals surface area contributed by atoms with Crippen molar-refractivity contribution in [2.45, 2.75) is 25.4 Å². The van der Waals surface area contributed by atoms with E-state index in [9.17, 15) is 0 Å². The van der Waals surface area contributed by atoms with Gasteiger partial charge in [-0.3, -0.25) is 4.68 Å². The van der Waals surface area contributed by atoms with Crippen LogP contribution in [0, 0.1) is 5.92 Å². The Balaban J connectivity index is 1.49. The zero-order chi connectivity index (χ0) is 10.8. The first-order valence-electron chi connectivity index (χ1n) is 6.35. The number of aromatic nitrogens is 2. The number of hydrogen-bond acceptors (Lipinski definition) is 3. The van der Waals surface area contributed by atoms with E-state index in [0.717, 1.165) is 25.0 Å². The quantitative estimate of drug-likeness (QED) is 0.808. The van der Waals surface area contributed by atoms with Crippen LogP contribution >= 0.6 is 0 Å². The second kappa shape index (κ2) is 4.55. The van der Waals surface area contributed by atoms with E-state index in [1.165, 1.54) is 32.5 Å². The molecular formula is C12H20N4. The molecule has 2 fully saturated rings. The first-order valence-corrected chi connectivity index (χ1v) is 6.35. The second-order valence-electron chi connectivity index (χ2n) is 4.97. The third kappa shape index (κ3) is 2.13. The predicted molar refractivity (Wildman–Crippen MR) is 63.2 cm³/mol. The molecule has 0 saturated carbocycles. The van der Waals surface area contributed by atoms with Crippen LogP contribution in [0.3, 0.4) is 0 Å². The molecule has 1 aromatic heterocycles. The number of piperidine rings is 1. The molecule has 1 aromatic rings. The third-order valence-electron chi connectivity index (χ3n) is 3.94. The van der Waals surface area contributed by atoms with E-state index in [2.05, 4.69) is 15.3 Å². The molecule has 4 nitrogen and oxygen atoms in total. The highest BCUT2D eigenvalue weighted by Crippen LogP contribution is 2.24. The number of likely N-dealkylation sites (tertiary alicyclic amines) is 1. The van der Waals surface area contributed by atoms with Gasteiger partial charge in [-0.05, 0) is 37.9 Å². The lowest BCUT2D eigenvalue weighted by Crippen LogP contribution is -2.45. The fourth-order valence-electron chi connectivity index (χ4n) is 3.00. The molecule has 0 aliphatic carbocycles. The van der Waals surface area contributed by atoms with Crippen LogP contribution in [0.4, 0.5) is 0 Å². The number of hydrogen-bond donors (Lipinski definition) is 1. The van der Waals surface area contributed by atoms with Gasteiger partial charge in [0.15, 0.2) is 0 Å². The summed E-state index contributed by atoms with van der Waals surface area (Å²) in [6.45, 7) is 5.92. The Morgan fingerprint density at radius 1 is 1.31 bits per heavy atom. The van der Waals surface area contributed by atoms with Crippen molar-refractivity contribution in [3.8, 4) is 0 Å². The molecule has 2 atom stereocenters. The van der Waals surface area contributed by atoms with Crippen molar-refractivity contribution in [3.63, 3.8) is 0 Å². The molecule has 2 unspecified atom stereocenters. The molecule has 0 spiro atoms. The summed E-state index contributed by atoms with van der Waals surface area (Å²) in [6.07, 6.45) is 6.59. The average molecular weight is 220 g/mol. The molecule has 0 radical (unpaired) electrons. The number of rotatable bonds is 3. The van der Waals surface area contributed by atoms with E-state index in [0.29, 0.717) is 0 Å². The van der Waals surface area contributed by atoms with Crippen LogP contribution < -0.4 is 5.32 Å². The van der Waals surface area contributed by atoms with Crippen molar-refractivity contribution >= 4 is 0 Å². The fraction of sp³-hybridized carbons (Fsp3) is 0.750. The molecule has 3 rings (SSSR count). The topological polar surface area (TPSA) is 33.1 Å². The molecule has 0 bridgehead atoms. The Labute approximate surface area is 96.6 Å². The molecular weight excluding hydrogens is 200 g/mol. The Kier molecular flexibility index (Phi) is 2.93. The highest BCUT2D eigenvalue weighted by Gasteiger charge is 2.32. The van der Waals surface area contributed by atoms with Crippen molar-refractivity contribution in [2.24, 2.45) is 5.92 Å². The van der Waals surface area contributed by atoms with Gasteiger partial charge in [0.05, 0.1) is 6.54 Å². The van der Waals surface area contributed by atoms with E-state index in [1.54, 1.807) is 0 Å². The first kappa shape index (κ1) is 10.3. The summed E-state index contributed by atoms with van der Waals surface area (Å²) in [7, 11) is 0. The lowest BCUT2D eigenvalue weighted by molar-refractivity contribution is 0.156. The number of fused-ring (bicyclic) bond motifs is 1. The SMILES string of the molecule is c1cnn(CCN2CCC3NCCC3C2)c1. The minimum atomic E-state index is 0.806. The van der Waals surface area contributed by atoms with Crippen molar-refractivity contribution in [3.05, 3.63) is 18.5 Å². The van der Waals surface area contributed by atoms with Crippen LogP contribution in [0.1, 0.15) is 12.8 Å². The summed E-state index contributed by atoms with van der Waals surface area (Å²) < 4.78 is 2.03. The predicted octanol–water partition coefficient (Wildman–Crippen LogP) is 0.567. The fourth-order valence-corrected chi connectivity index (χ4v) is 3.00. The van der Waals surface area contributed by atoms with Crippen LogP contribution in [0.5, 0.6) is 0 Å². The van der Waals surface area contributed by atoms with Gasteiger partial charge in [-0.15, -0.1) is 0 Å². The molecule has 3 heterocycles. The molecule has 2 aliphatic heterocycles. The van der Waals surface area contributed by atoms with E-state index in [4.69, 9.17) is 0 Å². The largest absolute Gasteiger partial charge is 0.314 e. The molecule has 4 heteroatoms. The summed E-state index contributed by atoms with van der Waals surface area (Å²) in [5.41, 5.74) is 0. The van der Waals surface area contributed by atoms with E-state index in [1.807, 2.05) is 23.1 Å². The molecule has 88 valence electrons. The average Bonchev–Trinajstić information content (AvgIpc) is 2.97. The standard InChI is InChI=1S/C12H20N4/c1-4-14-16(6-1)9-8-15-7-3-12-11(10-15)2-5-13-12/h1,4,6,11-13H,2-3,5,7-10H2. The van der Waals surface area contributed by atoms with Crippen LogP contribution in [0.15, 0.2) is 18.5 Å². The summed E-state index contributed by atoms with van der Waals surface area (Å²) >= 11 is 0. The summed E-state index contributed by atoms with van der Waals surface area (Å²) in [5, 5.41) is 7.85. The van der Waals surface area contributed by atoms with Crippen molar-refractivity contribution < 1.29 is 0 Å². The normalized spacial score (nSPS) is 30.5. The van der Waals surface area contributed by atoms with Crippen LogP contribution in [-0.2, 0) is 6.54 Å². The Morgan fingerprint density at radius 3 is 3.19 bits per heavy atom. The smallest absolute Gasteiger partial charge is 0.0536 e. The summed E-state index contributed by atoms with van der Waals surface area (Å²) in [4.78, 5) is 2.59. The van der Waals surface area contributed by atoms with Gasteiger partial charge in [-0.2, -0.15) is 5.10 Å². The van der Waals surface area contributed by atoms with Gasteiger partial charge < -0.3 is 10.2 Å². The molecule has 16 heavy (non-hydrogen) atoms. The van der Waals surface area contributed by atoms with Gasteiger partial charge in [-0.1, -0.05) is 0 Å².